The smallest absolute Gasteiger partial charge is 0.416 e. The van der Waals surface area contributed by atoms with Crippen molar-refractivity contribution < 1.29 is 32.3 Å². The first-order chi connectivity index (χ1) is 17.6. The average molecular weight is 514 g/mol. The maximum absolute atomic E-state index is 13.1. The van der Waals surface area contributed by atoms with Crippen molar-refractivity contribution in [3.8, 4) is 0 Å². The molecule has 0 bridgehead atoms. The van der Waals surface area contributed by atoms with Gasteiger partial charge in [-0.25, -0.2) is 4.79 Å². The van der Waals surface area contributed by atoms with E-state index in [1.807, 2.05) is 6.07 Å². The summed E-state index contributed by atoms with van der Waals surface area (Å²) in [5, 5.41) is 5.02. The number of carbonyl (C=O) groups excluding carboxylic acids is 3. The summed E-state index contributed by atoms with van der Waals surface area (Å²) in [6, 6.07) is 19.7. The van der Waals surface area contributed by atoms with Gasteiger partial charge in [0.15, 0.2) is 0 Å². The summed E-state index contributed by atoms with van der Waals surface area (Å²) in [4.78, 5) is 37.6. The summed E-state index contributed by atoms with van der Waals surface area (Å²) in [5.74, 6) is -1.57. The van der Waals surface area contributed by atoms with Crippen LogP contribution in [-0.4, -0.2) is 30.0 Å². The van der Waals surface area contributed by atoms with Crippen molar-refractivity contribution in [3.05, 3.63) is 107 Å². The average Bonchev–Trinajstić information content (AvgIpc) is 2.87. The Hall–Kier alpha value is -4.34. The van der Waals surface area contributed by atoms with Crippen molar-refractivity contribution in [2.24, 2.45) is 5.73 Å². The first kappa shape index (κ1) is 27.3. The lowest BCUT2D eigenvalue weighted by atomic mass is 10.0. The van der Waals surface area contributed by atoms with Gasteiger partial charge < -0.3 is 21.1 Å². The Labute approximate surface area is 211 Å². The zero-order valence-electron chi connectivity index (χ0n) is 19.7. The van der Waals surface area contributed by atoms with Crippen LogP contribution < -0.4 is 16.4 Å². The number of primary amides is 1. The molecule has 10 heteroatoms. The van der Waals surface area contributed by atoms with Gasteiger partial charge in [-0.3, -0.25) is 9.59 Å². The van der Waals surface area contributed by atoms with Gasteiger partial charge in [-0.1, -0.05) is 72.8 Å². The quantitative estimate of drug-likeness (QED) is 0.384. The van der Waals surface area contributed by atoms with E-state index in [0.29, 0.717) is 5.56 Å². The van der Waals surface area contributed by atoms with Crippen LogP contribution in [0.5, 0.6) is 0 Å². The normalized spacial score (nSPS) is 12.7. The van der Waals surface area contributed by atoms with Crippen LogP contribution in [0.1, 0.15) is 22.3 Å². The van der Waals surface area contributed by atoms with Crippen LogP contribution in [0.25, 0.3) is 0 Å². The van der Waals surface area contributed by atoms with Crippen molar-refractivity contribution in [2.75, 3.05) is 0 Å². The highest BCUT2D eigenvalue weighted by Gasteiger charge is 2.30. The second-order valence-corrected chi connectivity index (χ2v) is 8.31. The number of carbonyl (C=O) groups is 3. The fourth-order valence-electron chi connectivity index (χ4n) is 3.53. The highest BCUT2D eigenvalue weighted by Crippen LogP contribution is 2.29. The number of alkyl carbamates (subject to hydrolysis) is 1. The molecule has 0 spiro atoms. The fraction of sp³-hybridized carbons (Fsp3) is 0.222. The predicted octanol–water partition coefficient (Wildman–Crippen LogP) is 3.76. The maximum atomic E-state index is 13.1. The molecule has 3 rings (SSSR count). The van der Waals surface area contributed by atoms with E-state index in [4.69, 9.17) is 10.5 Å². The molecular formula is C27H26F3N3O4. The molecule has 3 amide bonds. The number of nitrogens with one attached hydrogen (secondary N) is 2. The fourth-order valence-corrected chi connectivity index (χ4v) is 3.53. The number of rotatable bonds is 10. The Morgan fingerprint density at radius 2 is 1.24 bits per heavy atom. The molecule has 0 fully saturated rings. The zero-order valence-corrected chi connectivity index (χ0v) is 19.7. The lowest BCUT2D eigenvalue weighted by Crippen LogP contribution is -2.54. The molecule has 4 N–H and O–H groups in total. The maximum Gasteiger partial charge on any atom is 0.416 e. The molecule has 3 aromatic rings. The topological polar surface area (TPSA) is 111 Å². The molecule has 2 atom stereocenters. The van der Waals surface area contributed by atoms with Crippen LogP contribution in [0, 0.1) is 0 Å². The number of hydrogen-bond acceptors (Lipinski definition) is 4. The number of halogens is 3. The van der Waals surface area contributed by atoms with E-state index < -0.39 is 41.7 Å². The molecule has 0 aliphatic carbocycles. The molecule has 3 aromatic carbocycles. The Balaban J connectivity index is 1.69. The molecule has 0 aliphatic rings. The van der Waals surface area contributed by atoms with E-state index in [9.17, 15) is 27.6 Å². The summed E-state index contributed by atoms with van der Waals surface area (Å²) < 4.78 is 43.7. The first-order valence-electron chi connectivity index (χ1n) is 11.4. The minimum absolute atomic E-state index is 0.00974. The Kier molecular flexibility index (Phi) is 9.26. The highest BCUT2D eigenvalue weighted by atomic mass is 19.4. The van der Waals surface area contributed by atoms with Gasteiger partial charge in [0, 0.05) is 12.8 Å². The van der Waals surface area contributed by atoms with Crippen molar-refractivity contribution in [3.63, 3.8) is 0 Å². The van der Waals surface area contributed by atoms with Crippen LogP contribution in [0.4, 0.5) is 18.0 Å². The second kappa shape index (κ2) is 12.6. The Bertz CT molecular complexity index is 1190. The minimum Gasteiger partial charge on any atom is -0.445 e. The summed E-state index contributed by atoms with van der Waals surface area (Å²) in [7, 11) is 0. The lowest BCUT2D eigenvalue weighted by Gasteiger charge is -2.22. The molecule has 194 valence electrons. The highest BCUT2D eigenvalue weighted by molar-refractivity contribution is 5.91. The largest absolute Gasteiger partial charge is 0.445 e. The van der Waals surface area contributed by atoms with E-state index in [2.05, 4.69) is 10.6 Å². The number of nitrogens with two attached hydrogens (primary N) is 1. The van der Waals surface area contributed by atoms with Crippen molar-refractivity contribution in [1.82, 2.24) is 10.6 Å². The molecule has 0 aromatic heterocycles. The van der Waals surface area contributed by atoms with E-state index >= 15 is 0 Å². The molecular weight excluding hydrogens is 487 g/mol. The van der Waals surface area contributed by atoms with Gasteiger partial charge in [-0.2, -0.15) is 13.2 Å². The SMILES string of the molecule is NC(=O)[C@H](Cc1ccc(C(F)(F)F)cc1)NC(=O)[C@H](Cc1ccccc1)NC(=O)OCc1ccccc1. The van der Waals surface area contributed by atoms with Crippen LogP contribution >= 0.6 is 0 Å². The van der Waals surface area contributed by atoms with Gasteiger partial charge in [0.2, 0.25) is 11.8 Å². The summed E-state index contributed by atoms with van der Waals surface area (Å²) in [6.07, 6.45) is -5.37. The monoisotopic (exact) mass is 513 g/mol. The molecule has 0 saturated heterocycles. The van der Waals surface area contributed by atoms with Gasteiger partial charge in [-0.05, 0) is 28.8 Å². The number of amides is 3. The third kappa shape index (κ3) is 8.68. The molecule has 7 nitrogen and oxygen atoms in total. The van der Waals surface area contributed by atoms with Crippen LogP contribution in [0.2, 0.25) is 0 Å². The van der Waals surface area contributed by atoms with E-state index in [1.54, 1.807) is 54.6 Å². The summed E-state index contributed by atoms with van der Waals surface area (Å²) >= 11 is 0. The van der Waals surface area contributed by atoms with Gasteiger partial charge in [0.25, 0.3) is 0 Å². The third-order valence-corrected chi connectivity index (χ3v) is 5.48. The summed E-state index contributed by atoms with van der Waals surface area (Å²) in [5.41, 5.74) is 6.48. The minimum atomic E-state index is -4.50. The number of hydrogen-bond donors (Lipinski definition) is 3. The molecule has 37 heavy (non-hydrogen) atoms. The Morgan fingerprint density at radius 3 is 1.78 bits per heavy atom. The second-order valence-electron chi connectivity index (χ2n) is 8.31. The van der Waals surface area contributed by atoms with Gasteiger partial charge in [-0.15, -0.1) is 0 Å². The van der Waals surface area contributed by atoms with Crippen molar-refractivity contribution in [1.29, 1.82) is 0 Å². The van der Waals surface area contributed by atoms with Crippen molar-refractivity contribution >= 4 is 17.9 Å². The van der Waals surface area contributed by atoms with Gasteiger partial charge in [0.05, 0.1) is 5.56 Å². The van der Waals surface area contributed by atoms with Crippen molar-refractivity contribution in [2.45, 2.75) is 37.7 Å². The molecule has 0 unspecified atom stereocenters. The number of ether oxygens (including phenoxy) is 1. The summed E-state index contributed by atoms with van der Waals surface area (Å²) in [6.45, 7) is -0.00974. The van der Waals surface area contributed by atoms with Crippen LogP contribution in [-0.2, 0) is 40.0 Å². The Morgan fingerprint density at radius 1 is 0.730 bits per heavy atom. The molecule has 0 radical (unpaired) electrons. The standard InChI is InChI=1S/C27H26F3N3O4/c28-27(29,30)21-13-11-19(12-14-21)15-22(24(31)34)32-25(35)23(16-18-7-3-1-4-8-18)33-26(36)37-17-20-9-5-2-6-10-20/h1-14,22-23H,15-17H2,(H2,31,34)(H,32,35)(H,33,36)/t22-,23-/m0/s1. The lowest BCUT2D eigenvalue weighted by molar-refractivity contribution is -0.137. The number of benzene rings is 3. The zero-order chi connectivity index (χ0) is 26.8. The van der Waals surface area contributed by atoms with Gasteiger partial charge >= 0.3 is 12.3 Å². The van der Waals surface area contributed by atoms with E-state index in [-0.39, 0.29) is 19.4 Å². The van der Waals surface area contributed by atoms with Crippen LogP contribution in [0.3, 0.4) is 0 Å². The molecule has 0 heterocycles. The van der Waals surface area contributed by atoms with Gasteiger partial charge in [0.1, 0.15) is 18.7 Å². The van der Waals surface area contributed by atoms with E-state index in [0.717, 1.165) is 23.3 Å². The molecule has 0 aliphatic heterocycles. The number of alkyl halides is 3. The predicted molar refractivity (Wildman–Crippen MR) is 130 cm³/mol. The first-order valence-corrected chi connectivity index (χ1v) is 11.4. The molecule has 0 saturated carbocycles. The third-order valence-electron chi connectivity index (χ3n) is 5.48. The van der Waals surface area contributed by atoms with E-state index in [1.165, 1.54) is 12.1 Å². The van der Waals surface area contributed by atoms with Crippen LogP contribution in [0.15, 0.2) is 84.9 Å².